The van der Waals surface area contributed by atoms with E-state index in [2.05, 4.69) is 9.72 Å². The first-order valence-electron chi connectivity index (χ1n) is 8.46. The molecule has 0 unspecified atom stereocenters. The van der Waals surface area contributed by atoms with Crippen LogP contribution in [0.3, 0.4) is 0 Å². The Kier molecular flexibility index (Phi) is 5.72. The number of hydrogen-bond donors (Lipinski definition) is 1. The second-order valence-corrected chi connectivity index (χ2v) is 6.04. The highest BCUT2D eigenvalue weighted by Crippen LogP contribution is 2.40. The van der Waals surface area contributed by atoms with Crippen molar-refractivity contribution in [2.45, 2.75) is 12.8 Å². The van der Waals surface area contributed by atoms with Crippen LogP contribution in [0.5, 0.6) is 11.5 Å². The van der Waals surface area contributed by atoms with Crippen LogP contribution >= 0.6 is 0 Å². The van der Waals surface area contributed by atoms with Gasteiger partial charge >= 0.3 is 12.1 Å². The predicted molar refractivity (Wildman–Crippen MR) is 98.5 cm³/mol. The first-order valence-corrected chi connectivity index (χ1v) is 8.46. The van der Waals surface area contributed by atoms with E-state index in [1.807, 2.05) is 0 Å². The van der Waals surface area contributed by atoms with Gasteiger partial charge in [-0.05, 0) is 29.8 Å². The fraction of sp³-hybridized carbons (Fsp3) is 0.143. The molecule has 1 N–H and O–H groups in total. The van der Waals surface area contributed by atoms with E-state index in [0.29, 0.717) is 5.56 Å². The summed E-state index contributed by atoms with van der Waals surface area (Å²) >= 11 is 0. The predicted octanol–water partition coefficient (Wildman–Crippen LogP) is 4.84. The molecule has 5 nitrogen and oxygen atoms in total. The fourth-order valence-electron chi connectivity index (χ4n) is 2.64. The molecule has 1 heterocycles. The lowest BCUT2D eigenvalue weighted by Gasteiger charge is -2.16. The smallest absolute Gasteiger partial charge is 0.419 e. The maximum atomic E-state index is 13.4. The minimum atomic E-state index is -4.63. The van der Waals surface area contributed by atoms with Crippen molar-refractivity contribution in [3.63, 3.8) is 0 Å². The molecule has 0 radical (unpaired) electrons. The van der Waals surface area contributed by atoms with Crippen molar-refractivity contribution >= 4 is 5.97 Å². The SMILES string of the molecule is COC(=O)c1ccc(O)c(-c2ccc(C(F)(F)F)c(OCc3ccccc3)c2)n1. The number of esters is 1. The van der Waals surface area contributed by atoms with Gasteiger partial charge in [0, 0.05) is 5.56 Å². The number of aromatic nitrogens is 1. The number of benzene rings is 2. The Balaban J connectivity index is 2.02. The second-order valence-electron chi connectivity index (χ2n) is 6.04. The van der Waals surface area contributed by atoms with Crippen LogP contribution in [0.25, 0.3) is 11.3 Å². The van der Waals surface area contributed by atoms with Gasteiger partial charge in [-0.15, -0.1) is 0 Å². The number of aromatic hydroxyl groups is 1. The van der Waals surface area contributed by atoms with Crippen LogP contribution in [-0.2, 0) is 17.5 Å². The molecule has 2 aromatic carbocycles. The summed E-state index contributed by atoms with van der Waals surface area (Å²) in [5, 5.41) is 10.1. The number of hydrogen-bond acceptors (Lipinski definition) is 5. The van der Waals surface area contributed by atoms with Crippen LogP contribution in [0, 0.1) is 0 Å². The molecule has 150 valence electrons. The van der Waals surface area contributed by atoms with Gasteiger partial charge in [0.15, 0.2) is 0 Å². The lowest BCUT2D eigenvalue weighted by molar-refractivity contribution is -0.139. The Hall–Kier alpha value is -3.55. The second kappa shape index (κ2) is 8.22. The number of alkyl halides is 3. The number of ether oxygens (including phenoxy) is 2. The summed E-state index contributed by atoms with van der Waals surface area (Å²) in [4.78, 5) is 15.7. The molecule has 29 heavy (non-hydrogen) atoms. The number of halogens is 3. The fourth-order valence-corrected chi connectivity index (χ4v) is 2.64. The molecule has 0 aliphatic heterocycles. The van der Waals surface area contributed by atoms with Crippen molar-refractivity contribution in [1.82, 2.24) is 4.98 Å². The molecule has 0 spiro atoms. The summed E-state index contributed by atoms with van der Waals surface area (Å²) in [6, 6.07) is 14.3. The Bertz CT molecular complexity index is 1020. The van der Waals surface area contributed by atoms with Crippen molar-refractivity contribution in [2.75, 3.05) is 7.11 Å². The Labute approximate surface area is 164 Å². The van der Waals surface area contributed by atoms with E-state index in [-0.39, 0.29) is 29.3 Å². The number of pyridine rings is 1. The summed E-state index contributed by atoms with van der Waals surface area (Å²) in [7, 11) is 1.17. The van der Waals surface area contributed by atoms with Crippen molar-refractivity contribution in [3.8, 4) is 22.8 Å². The molecule has 8 heteroatoms. The number of carbonyl (C=O) groups excluding carboxylic acids is 1. The highest BCUT2D eigenvalue weighted by atomic mass is 19.4. The van der Waals surface area contributed by atoms with Gasteiger partial charge in [0.1, 0.15) is 29.5 Å². The molecule has 3 aromatic rings. The molecule has 0 saturated carbocycles. The minimum absolute atomic E-state index is 0.0637. The molecule has 3 rings (SSSR count). The quantitative estimate of drug-likeness (QED) is 0.618. The summed E-state index contributed by atoms with van der Waals surface area (Å²) in [6.07, 6.45) is -4.63. The van der Waals surface area contributed by atoms with Crippen LogP contribution in [-0.4, -0.2) is 23.2 Å². The zero-order chi connectivity index (χ0) is 21.0. The van der Waals surface area contributed by atoms with Gasteiger partial charge in [-0.2, -0.15) is 13.2 Å². The molecule has 1 aromatic heterocycles. The highest BCUT2D eigenvalue weighted by Gasteiger charge is 2.34. The summed E-state index contributed by atoms with van der Waals surface area (Å²) < 4.78 is 50.2. The largest absolute Gasteiger partial charge is 0.506 e. The first-order chi connectivity index (χ1) is 13.8. The molecular weight excluding hydrogens is 387 g/mol. The zero-order valence-electron chi connectivity index (χ0n) is 15.2. The zero-order valence-corrected chi connectivity index (χ0v) is 15.2. The first kappa shape index (κ1) is 20.2. The third-order valence-electron chi connectivity index (χ3n) is 4.07. The van der Waals surface area contributed by atoms with E-state index in [0.717, 1.165) is 18.2 Å². The Morgan fingerprint density at radius 3 is 2.45 bits per heavy atom. The van der Waals surface area contributed by atoms with Crippen LogP contribution in [0.2, 0.25) is 0 Å². The third kappa shape index (κ3) is 4.66. The molecule has 0 bridgehead atoms. The molecule has 0 aliphatic carbocycles. The van der Waals surface area contributed by atoms with Gasteiger partial charge in [0.05, 0.1) is 12.7 Å². The summed E-state index contributed by atoms with van der Waals surface area (Å²) in [6.45, 7) is -0.0744. The molecular formula is C21H16F3NO4. The number of carbonyl (C=O) groups is 1. The average molecular weight is 403 g/mol. The van der Waals surface area contributed by atoms with Crippen LogP contribution < -0.4 is 4.74 Å². The Morgan fingerprint density at radius 1 is 1.07 bits per heavy atom. The monoisotopic (exact) mass is 403 g/mol. The van der Waals surface area contributed by atoms with E-state index < -0.39 is 23.5 Å². The van der Waals surface area contributed by atoms with E-state index >= 15 is 0 Å². The van der Waals surface area contributed by atoms with E-state index in [1.165, 1.54) is 19.2 Å². The summed E-state index contributed by atoms with van der Waals surface area (Å²) in [5.41, 5.74) is -0.261. The minimum Gasteiger partial charge on any atom is -0.506 e. The number of methoxy groups -OCH3 is 1. The van der Waals surface area contributed by atoms with Gasteiger partial charge in [0.2, 0.25) is 0 Å². The van der Waals surface area contributed by atoms with Gasteiger partial charge in [0.25, 0.3) is 0 Å². The Morgan fingerprint density at radius 2 is 1.79 bits per heavy atom. The van der Waals surface area contributed by atoms with Crippen molar-refractivity contribution in [1.29, 1.82) is 0 Å². The lowest BCUT2D eigenvalue weighted by Crippen LogP contribution is -2.09. The van der Waals surface area contributed by atoms with E-state index in [9.17, 15) is 23.1 Å². The normalized spacial score (nSPS) is 11.2. The van der Waals surface area contributed by atoms with Gasteiger partial charge in [-0.25, -0.2) is 9.78 Å². The van der Waals surface area contributed by atoms with Crippen molar-refractivity contribution in [3.05, 3.63) is 77.5 Å². The van der Waals surface area contributed by atoms with Crippen molar-refractivity contribution < 1.29 is 32.5 Å². The topological polar surface area (TPSA) is 68.7 Å². The maximum Gasteiger partial charge on any atom is 0.419 e. The summed E-state index contributed by atoms with van der Waals surface area (Å²) in [5.74, 6) is -1.45. The van der Waals surface area contributed by atoms with Crippen LogP contribution in [0.1, 0.15) is 21.6 Å². The molecule has 0 fully saturated rings. The van der Waals surface area contributed by atoms with Crippen molar-refractivity contribution in [2.24, 2.45) is 0 Å². The highest BCUT2D eigenvalue weighted by molar-refractivity contribution is 5.88. The molecule has 0 aliphatic rings. The molecule has 0 saturated heterocycles. The average Bonchev–Trinajstić information content (AvgIpc) is 2.72. The van der Waals surface area contributed by atoms with E-state index in [1.54, 1.807) is 30.3 Å². The molecule has 0 atom stereocenters. The lowest BCUT2D eigenvalue weighted by atomic mass is 10.1. The van der Waals surface area contributed by atoms with Crippen LogP contribution in [0.4, 0.5) is 13.2 Å². The maximum absolute atomic E-state index is 13.4. The molecule has 0 amide bonds. The van der Waals surface area contributed by atoms with E-state index in [4.69, 9.17) is 4.74 Å². The van der Waals surface area contributed by atoms with Crippen LogP contribution in [0.15, 0.2) is 60.7 Å². The standard InChI is InChI=1S/C21H16F3NO4/c1-28-20(27)16-9-10-17(26)19(25-16)14-7-8-15(21(22,23)24)18(11-14)29-12-13-5-3-2-4-6-13/h2-11,26H,12H2,1H3. The number of nitrogens with zero attached hydrogens (tertiary/aromatic N) is 1. The van der Waals surface area contributed by atoms with Gasteiger partial charge in [-0.3, -0.25) is 0 Å². The third-order valence-corrected chi connectivity index (χ3v) is 4.07. The van der Waals surface area contributed by atoms with Gasteiger partial charge in [-0.1, -0.05) is 36.4 Å². The number of rotatable bonds is 5. The van der Waals surface area contributed by atoms with Gasteiger partial charge < -0.3 is 14.6 Å².